The fourth-order valence-electron chi connectivity index (χ4n) is 3.95. The van der Waals surface area contributed by atoms with Gasteiger partial charge in [-0.25, -0.2) is 0 Å². The first-order valence-corrected chi connectivity index (χ1v) is 10.8. The number of methoxy groups -OCH3 is 2. The molecule has 0 aliphatic carbocycles. The summed E-state index contributed by atoms with van der Waals surface area (Å²) in [4.78, 5) is 9.00. The summed E-state index contributed by atoms with van der Waals surface area (Å²) in [5.74, 6) is 0.670. The smallest absolute Gasteiger partial charge is 0.300 e. The molecule has 5 aromatic rings. The summed E-state index contributed by atoms with van der Waals surface area (Å²) in [5.41, 5.74) is 5.18. The fraction of sp³-hybridized carbons (Fsp3) is 0.148. The van der Waals surface area contributed by atoms with Crippen LogP contribution in [-0.2, 0) is 11.3 Å². The molecule has 0 saturated carbocycles. The number of carbonyl (C=O) groups is 1. The minimum Gasteiger partial charge on any atom is -1.00 e. The number of hydrogen-bond acceptors (Lipinski definition) is 4. The van der Waals surface area contributed by atoms with Crippen molar-refractivity contribution in [3.05, 3.63) is 84.6 Å². The van der Waals surface area contributed by atoms with E-state index in [1.54, 1.807) is 14.2 Å². The van der Waals surface area contributed by atoms with Crippen molar-refractivity contribution in [2.24, 2.45) is 0 Å². The minimum absolute atomic E-state index is 0. The average Bonchev–Trinajstić information content (AvgIpc) is 3.28. The number of nitrogens with one attached hydrogen (secondary N) is 1. The van der Waals surface area contributed by atoms with Crippen molar-refractivity contribution in [2.75, 3.05) is 14.2 Å². The summed E-state index contributed by atoms with van der Waals surface area (Å²) in [6.07, 6.45) is 2.16. The number of pyridine rings is 1. The van der Waals surface area contributed by atoms with Gasteiger partial charge in [0, 0.05) is 24.1 Å². The van der Waals surface area contributed by atoms with Gasteiger partial charge in [0.05, 0.1) is 31.2 Å². The normalized spacial score (nSPS) is 10.3. The maximum Gasteiger partial charge on any atom is 0.300 e. The molecule has 180 valence electrons. The van der Waals surface area contributed by atoms with Crippen molar-refractivity contribution in [1.29, 1.82) is 0 Å². The molecule has 0 unspecified atom stereocenters. The first-order chi connectivity index (χ1) is 16.5. The van der Waals surface area contributed by atoms with E-state index in [1.165, 1.54) is 5.56 Å². The molecule has 0 spiro atoms. The molecule has 0 saturated heterocycles. The van der Waals surface area contributed by atoms with Crippen LogP contribution in [0.1, 0.15) is 12.5 Å². The number of carboxylic acids is 1. The van der Waals surface area contributed by atoms with Crippen LogP contribution in [0.5, 0.6) is 11.5 Å². The summed E-state index contributed by atoms with van der Waals surface area (Å²) in [6.45, 7) is 1.81. The summed E-state index contributed by atoms with van der Waals surface area (Å²) in [5, 5.41) is 17.4. The monoisotopic (exact) mass is 491 g/mol. The Balaban J connectivity index is 0.000000638. The highest BCUT2D eigenvalue weighted by atomic mass is 35.5. The van der Waals surface area contributed by atoms with E-state index in [0.717, 1.165) is 58.0 Å². The molecule has 0 amide bonds. The maximum absolute atomic E-state index is 9.00. The van der Waals surface area contributed by atoms with Crippen LogP contribution in [0.15, 0.2) is 79.0 Å². The van der Waals surface area contributed by atoms with Gasteiger partial charge in [-0.2, -0.15) is 9.67 Å². The Morgan fingerprint density at radius 3 is 2.23 bits per heavy atom. The Bertz CT molecular complexity index is 1430. The standard InChI is InChI=1S/C25H21N3O2.C2H4O2.ClH/c1-29-19-13-21-23(22(14-19)30-2)25-20(16-28(21)15-17-9-5-3-6-10-17)24(26-27-25)18-11-7-4-8-12-18;1-2(3)4;/h3-14,16H,15H2,1-2H3;1H3,(H,3,4);1H. The van der Waals surface area contributed by atoms with Crippen molar-refractivity contribution >= 4 is 27.8 Å². The van der Waals surface area contributed by atoms with Crippen LogP contribution < -0.4 is 26.4 Å². The van der Waals surface area contributed by atoms with Gasteiger partial charge in [-0.1, -0.05) is 60.7 Å². The highest BCUT2D eigenvalue weighted by Crippen LogP contribution is 2.36. The first kappa shape index (κ1) is 25.5. The van der Waals surface area contributed by atoms with Gasteiger partial charge in [-0.15, -0.1) is 0 Å². The zero-order valence-corrected chi connectivity index (χ0v) is 20.4. The van der Waals surface area contributed by atoms with Gasteiger partial charge in [0.1, 0.15) is 22.6 Å². The number of benzene rings is 3. The third-order valence-corrected chi connectivity index (χ3v) is 5.40. The Morgan fingerprint density at radius 1 is 1.00 bits per heavy atom. The number of nitrogens with zero attached hydrogens (tertiary/aromatic N) is 2. The summed E-state index contributed by atoms with van der Waals surface area (Å²) in [6, 6.07) is 24.6. The summed E-state index contributed by atoms with van der Waals surface area (Å²) in [7, 11) is 3.35. The van der Waals surface area contributed by atoms with E-state index in [2.05, 4.69) is 57.4 Å². The van der Waals surface area contributed by atoms with Crippen LogP contribution in [0.25, 0.3) is 33.1 Å². The number of aliphatic carboxylic acids is 1. The van der Waals surface area contributed by atoms with Crippen LogP contribution in [0.2, 0.25) is 0 Å². The molecule has 0 radical (unpaired) electrons. The number of aromatic amines is 1. The van der Waals surface area contributed by atoms with E-state index in [9.17, 15) is 0 Å². The lowest BCUT2D eigenvalue weighted by atomic mass is 10.1. The van der Waals surface area contributed by atoms with Crippen LogP contribution in [0, 0.1) is 0 Å². The van der Waals surface area contributed by atoms with E-state index in [1.807, 2.05) is 36.4 Å². The zero-order valence-electron chi connectivity index (χ0n) is 19.7. The van der Waals surface area contributed by atoms with Crippen molar-refractivity contribution in [2.45, 2.75) is 13.5 Å². The second-order valence-electron chi connectivity index (χ2n) is 7.71. The zero-order chi connectivity index (χ0) is 24.1. The number of H-pyrrole nitrogens is 1. The van der Waals surface area contributed by atoms with Crippen LogP contribution in [-0.4, -0.2) is 35.5 Å². The lowest BCUT2D eigenvalue weighted by molar-refractivity contribution is -0.661. The number of fused-ring (bicyclic) bond motifs is 3. The molecule has 2 heterocycles. The third kappa shape index (κ3) is 5.53. The number of aromatic nitrogens is 3. The molecule has 7 nitrogen and oxygen atoms in total. The molecule has 2 aromatic heterocycles. The molecular weight excluding hydrogens is 466 g/mol. The van der Waals surface area contributed by atoms with Gasteiger partial charge in [0.2, 0.25) is 5.52 Å². The molecule has 0 aliphatic rings. The van der Waals surface area contributed by atoms with Crippen molar-refractivity contribution < 1.29 is 36.3 Å². The topological polar surface area (TPSA) is 88.3 Å². The van der Waals surface area contributed by atoms with Gasteiger partial charge >= 0.3 is 0 Å². The summed E-state index contributed by atoms with van der Waals surface area (Å²) >= 11 is 0. The molecule has 0 aliphatic heterocycles. The van der Waals surface area contributed by atoms with Crippen LogP contribution in [0.4, 0.5) is 0 Å². The van der Waals surface area contributed by atoms with Crippen molar-refractivity contribution in [1.82, 2.24) is 10.2 Å². The van der Waals surface area contributed by atoms with E-state index >= 15 is 0 Å². The van der Waals surface area contributed by atoms with Crippen LogP contribution in [0.3, 0.4) is 0 Å². The van der Waals surface area contributed by atoms with Gasteiger partial charge in [0.25, 0.3) is 5.97 Å². The molecular formula is C27H26ClN3O4. The number of rotatable bonds is 5. The first-order valence-electron chi connectivity index (χ1n) is 10.8. The molecule has 2 N–H and O–H groups in total. The third-order valence-electron chi connectivity index (χ3n) is 5.40. The van der Waals surface area contributed by atoms with E-state index in [0.29, 0.717) is 0 Å². The van der Waals surface area contributed by atoms with Gasteiger partial charge in [0.15, 0.2) is 12.7 Å². The Kier molecular flexibility index (Phi) is 8.28. The van der Waals surface area contributed by atoms with E-state index in [-0.39, 0.29) is 12.4 Å². The average molecular weight is 492 g/mol. The fourth-order valence-corrected chi connectivity index (χ4v) is 3.95. The molecule has 8 heteroatoms. The number of hydrogen-bond donors (Lipinski definition) is 2. The van der Waals surface area contributed by atoms with Crippen LogP contribution >= 0.6 is 0 Å². The Morgan fingerprint density at radius 2 is 1.63 bits per heavy atom. The largest absolute Gasteiger partial charge is 1.00 e. The molecule has 5 rings (SSSR count). The van der Waals surface area contributed by atoms with E-state index in [4.69, 9.17) is 19.4 Å². The molecule has 0 atom stereocenters. The number of halogens is 1. The lowest BCUT2D eigenvalue weighted by Crippen LogP contribution is -3.00. The second kappa shape index (κ2) is 11.4. The SMILES string of the molecule is CC(=O)O.COc1cc(OC)c2c3[nH]nc(-c4ccccc4)c3c[n+](Cc3ccccc3)c2c1.[Cl-]. The Hall–Kier alpha value is -4.10. The quantitative estimate of drug-likeness (QED) is 0.366. The van der Waals surface area contributed by atoms with Crippen molar-refractivity contribution in [3.8, 4) is 22.8 Å². The molecule has 0 bridgehead atoms. The minimum atomic E-state index is -0.833. The predicted molar refractivity (Wildman–Crippen MR) is 131 cm³/mol. The van der Waals surface area contributed by atoms with Crippen molar-refractivity contribution in [3.63, 3.8) is 0 Å². The Labute approximate surface area is 209 Å². The van der Waals surface area contributed by atoms with E-state index < -0.39 is 5.97 Å². The van der Waals surface area contributed by atoms with Gasteiger partial charge in [-0.3, -0.25) is 9.89 Å². The highest BCUT2D eigenvalue weighted by Gasteiger charge is 2.23. The molecule has 0 fully saturated rings. The molecule has 35 heavy (non-hydrogen) atoms. The van der Waals surface area contributed by atoms with Gasteiger partial charge < -0.3 is 27.0 Å². The number of carboxylic acid groups (broad SMARTS) is 1. The maximum atomic E-state index is 9.00. The lowest BCUT2D eigenvalue weighted by Gasteiger charge is -2.10. The predicted octanol–water partition coefficient (Wildman–Crippen LogP) is 1.83. The summed E-state index contributed by atoms with van der Waals surface area (Å²) < 4.78 is 13.5. The highest BCUT2D eigenvalue weighted by molar-refractivity contribution is 6.09. The van der Waals surface area contributed by atoms with Gasteiger partial charge in [-0.05, 0) is 0 Å². The second-order valence-corrected chi connectivity index (χ2v) is 7.71. The number of ether oxygens (including phenoxy) is 2. The molecule has 3 aromatic carbocycles.